The lowest BCUT2D eigenvalue weighted by Gasteiger charge is -2.24. The Morgan fingerprint density at radius 1 is 1.05 bits per heavy atom. The third-order valence-electron chi connectivity index (χ3n) is 3.26. The first kappa shape index (κ1) is 21.1. The molecule has 0 fully saturated rings. The molecule has 8 nitrogen and oxygen atoms in total. The summed E-state index contributed by atoms with van der Waals surface area (Å²) >= 11 is 0. The fraction of sp³-hybridized carbons (Fsp3) is 0.846. The molecule has 0 amide bonds. The smallest absolute Gasteiger partial charge is 0.264 e. The molecule has 0 radical (unpaired) electrons. The summed E-state index contributed by atoms with van der Waals surface area (Å²) in [7, 11) is -4.03. The molecular weight excluding hydrogens is 310 g/mol. The average molecular weight is 337 g/mol. The second-order valence-electron chi connectivity index (χ2n) is 5.93. The summed E-state index contributed by atoms with van der Waals surface area (Å²) in [5, 5.41) is 2.88. The minimum atomic E-state index is -4.03. The number of nitrogens with one attached hydrogen (secondary N) is 2. The van der Waals surface area contributed by atoms with Crippen molar-refractivity contribution < 1.29 is 22.6 Å². The Labute approximate surface area is 131 Å². The largest absolute Gasteiger partial charge is 0.307 e. The predicted molar refractivity (Wildman–Crippen MR) is 83.6 cm³/mol. The lowest BCUT2D eigenvalue weighted by Crippen LogP contribution is -2.54. The molecule has 0 aliphatic carbocycles. The standard InChI is InChI=1S/C13H27N3O5S/c1-8(2)10(15-6-5-7-22(19,20)21)12(17)13(18)11(16-14)9(3)4/h8-11,15-16H,5-7,14H2,1-4H3,(H,19,20,21)/t10-,11-/m0/s1. The van der Waals surface area contributed by atoms with E-state index in [2.05, 4.69) is 10.7 Å². The van der Waals surface area contributed by atoms with Crippen molar-refractivity contribution in [1.29, 1.82) is 0 Å². The molecule has 0 saturated carbocycles. The van der Waals surface area contributed by atoms with Gasteiger partial charge in [0.1, 0.15) is 0 Å². The third kappa shape index (κ3) is 7.41. The number of hydrogen-bond acceptors (Lipinski definition) is 7. The molecule has 130 valence electrons. The summed E-state index contributed by atoms with van der Waals surface area (Å²) in [6.07, 6.45) is 0.145. The summed E-state index contributed by atoms with van der Waals surface area (Å²) < 4.78 is 29.9. The maximum Gasteiger partial charge on any atom is 0.264 e. The Morgan fingerprint density at radius 3 is 1.86 bits per heavy atom. The van der Waals surface area contributed by atoms with Gasteiger partial charge in [-0.15, -0.1) is 0 Å². The van der Waals surface area contributed by atoms with Crippen molar-refractivity contribution >= 4 is 21.7 Å². The molecule has 0 unspecified atom stereocenters. The van der Waals surface area contributed by atoms with Gasteiger partial charge in [0.2, 0.25) is 11.6 Å². The highest BCUT2D eigenvalue weighted by molar-refractivity contribution is 7.85. The highest BCUT2D eigenvalue weighted by Crippen LogP contribution is 2.09. The van der Waals surface area contributed by atoms with Crippen molar-refractivity contribution in [2.75, 3.05) is 12.3 Å². The van der Waals surface area contributed by atoms with Crippen LogP contribution >= 0.6 is 0 Å². The highest BCUT2D eigenvalue weighted by atomic mass is 32.2. The van der Waals surface area contributed by atoms with E-state index in [9.17, 15) is 18.0 Å². The van der Waals surface area contributed by atoms with Gasteiger partial charge in [-0.1, -0.05) is 27.7 Å². The van der Waals surface area contributed by atoms with Crippen LogP contribution < -0.4 is 16.6 Å². The molecule has 5 N–H and O–H groups in total. The highest BCUT2D eigenvalue weighted by Gasteiger charge is 2.33. The van der Waals surface area contributed by atoms with E-state index < -0.39 is 39.5 Å². The maximum absolute atomic E-state index is 12.3. The van der Waals surface area contributed by atoms with Gasteiger partial charge in [-0.25, -0.2) is 5.43 Å². The fourth-order valence-corrected chi connectivity index (χ4v) is 2.53. The molecule has 0 saturated heterocycles. The van der Waals surface area contributed by atoms with Gasteiger partial charge in [-0.3, -0.25) is 20.0 Å². The van der Waals surface area contributed by atoms with Gasteiger partial charge in [0.15, 0.2) is 0 Å². The molecule has 0 aromatic heterocycles. The van der Waals surface area contributed by atoms with Crippen LogP contribution in [0.1, 0.15) is 34.1 Å². The van der Waals surface area contributed by atoms with Crippen LogP contribution in [0.4, 0.5) is 0 Å². The zero-order valence-corrected chi connectivity index (χ0v) is 14.3. The van der Waals surface area contributed by atoms with Gasteiger partial charge in [0.25, 0.3) is 10.1 Å². The molecule has 0 aromatic rings. The van der Waals surface area contributed by atoms with Crippen LogP contribution in [0.5, 0.6) is 0 Å². The van der Waals surface area contributed by atoms with E-state index in [1.165, 1.54) is 0 Å². The molecule has 0 heterocycles. The Hall–Kier alpha value is -0.870. The second-order valence-corrected chi connectivity index (χ2v) is 7.50. The van der Waals surface area contributed by atoms with E-state index in [4.69, 9.17) is 10.4 Å². The van der Waals surface area contributed by atoms with Crippen molar-refractivity contribution in [3.05, 3.63) is 0 Å². The van der Waals surface area contributed by atoms with E-state index in [1.54, 1.807) is 27.7 Å². The van der Waals surface area contributed by atoms with Crippen molar-refractivity contribution in [2.45, 2.75) is 46.2 Å². The number of hydrazine groups is 1. The summed E-state index contributed by atoms with van der Waals surface area (Å²) in [6, 6.07) is -1.48. The Kier molecular flexibility index (Phi) is 8.94. The molecule has 9 heteroatoms. The molecule has 0 aliphatic heterocycles. The van der Waals surface area contributed by atoms with Crippen LogP contribution in [0, 0.1) is 11.8 Å². The second kappa shape index (κ2) is 9.31. The molecule has 0 aliphatic rings. The van der Waals surface area contributed by atoms with Crippen LogP contribution in [-0.2, 0) is 19.7 Å². The van der Waals surface area contributed by atoms with E-state index in [0.717, 1.165) is 0 Å². The Balaban J connectivity index is 4.74. The zero-order valence-electron chi connectivity index (χ0n) is 13.5. The van der Waals surface area contributed by atoms with Gasteiger partial charge in [0, 0.05) is 0 Å². The quantitative estimate of drug-likeness (QED) is 0.130. The zero-order chi connectivity index (χ0) is 17.5. The molecule has 0 rings (SSSR count). The number of nitrogens with two attached hydrogens (primary N) is 1. The van der Waals surface area contributed by atoms with Crippen LogP contribution in [0.25, 0.3) is 0 Å². The molecular formula is C13H27N3O5S. The first-order chi connectivity index (χ1) is 10.0. The first-order valence-electron chi connectivity index (χ1n) is 7.24. The van der Waals surface area contributed by atoms with E-state index >= 15 is 0 Å². The SMILES string of the molecule is CC(C)[C@H](NN)C(=O)C(=O)[C@@H](NCCCS(=O)(=O)O)C(C)C. The summed E-state index contributed by atoms with van der Waals surface area (Å²) in [5.74, 6) is 3.46. The first-order valence-corrected chi connectivity index (χ1v) is 8.84. The number of carbonyl (C=O) groups is 2. The van der Waals surface area contributed by atoms with Crippen LogP contribution in [0.3, 0.4) is 0 Å². The maximum atomic E-state index is 12.3. The molecule has 2 atom stereocenters. The Morgan fingerprint density at radius 2 is 1.50 bits per heavy atom. The van der Waals surface area contributed by atoms with Crippen molar-refractivity contribution in [2.24, 2.45) is 17.7 Å². The summed E-state index contributed by atoms with van der Waals surface area (Å²) in [4.78, 5) is 24.5. The van der Waals surface area contributed by atoms with Crippen LogP contribution in [-0.4, -0.2) is 48.9 Å². The number of hydrogen-bond donors (Lipinski definition) is 4. The van der Waals surface area contributed by atoms with Gasteiger partial charge >= 0.3 is 0 Å². The molecule has 0 aromatic carbocycles. The fourth-order valence-electron chi connectivity index (χ4n) is 2.02. The number of Topliss-reactive ketones (excluding diaryl/α,β-unsaturated/α-hetero) is 2. The minimum absolute atomic E-state index is 0.131. The van der Waals surface area contributed by atoms with Gasteiger partial charge < -0.3 is 5.32 Å². The van der Waals surface area contributed by atoms with Crippen molar-refractivity contribution in [1.82, 2.24) is 10.7 Å². The van der Waals surface area contributed by atoms with E-state index in [-0.39, 0.29) is 24.8 Å². The molecule has 22 heavy (non-hydrogen) atoms. The van der Waals surface area contributed by atoms with E-state index in [0.29, 0.717) is 0 Å². The van der Waals surface area contributed by atoms with Gasteiger partial charge in [-0.2, -0.15) is 8.42 Å². The summed E-state index contributed by atoms with van der Waals surface area (Å²) in [6.45, 7) is 7.32. The van der Waals surface area contributed by atoms with Crippen LogP contribution in [0.2, 0.25) is 0 Å². The minimum Gasteiger partial charge on any atom is -0.307 e. The predicted octanol–water partition coefficient (Wildman–Crippen LogP) is -0.495. The van der Waals surface area contributed by atoms with Gasteiger partial charge in [-0.05, 0) is 24.8 Å². The van der Waals surface area contributed by atoms with Crippen molar-refractivity contribution in [3.63, 3.8) is 0 Å². The number of rotatable bonds is 11. The lowest BCUT2D eigenvalue weighted by molar-refractivity contribution is -0.140. The van der Waals surface area contributed by atoms with Gasteiger partial charge in [0.05, 0.1) is 17.8 Å². The monoisotopic (exact) mass is 337 g/mol. The molecule has 0 bridgehead atoms. The number of ketones is 2. The third-order valence-corrected chi connectivity index (χ3v) is 4.07. The lowest BCUT2D eigenvalue weighted by atomic mass is 9.90. The summed E-state index contributed by atoms with van der Waals surface area (Å²) in [5.41, 5.74) is 2.35. The average Bonchev–Trinajstić information content (AvgIpc) is 2.36. The topological polar surface area (TPSA) is 139 Å². The normalized spacial score (nSPS) is 15.1. The van der Waals surface area contributed by atoms with E-state index in [1.807, 2.05) is 0 Å². The number of carbonyl (C=O) groups excluding carboxylic acids is 2. The van der Waals surface area contributed by atoms with Crippen molar-refractivity contribution in [3.8, 4) is 0 Å². The van der Waals surface area contributed by atoms with Crippen LogP contribution in [0.15, 0.2) is 0 Å². The Bertz CT molecular complexity index is 476. The molecule has 0 spiro atoms.